The molecule has 0 saturated heterocycles. The van der Waals surface area contributed by atoms with Gasteiger partial charge >= 0.3 is 0 Å². The molecule has 0 unspecified atom stereocenters. The number of nitrogens with zero attached hydrogens (tertiary/aromatic N) is 3. The van der Waals surface area contributed by atoms with Gasteiger partial charge in [-0.2, -0.15) is 0 Å². The van der Waals surface area contributed by atoms with Crippen molar-refractivity contribution in [1.29, 1.82) is 0 Å². The van der Waals surface area contributed by atoms with Gasteiger partial charge in [0.15, 0.2) is 11.0 Å². The predicted molar refractivity (Wildman–Crippen MR) is 121 cm³/mol. The van der Waals surface area contributed by atoms with E-state index in [-0.39, 0.29) is 11.9 Å². The van der Waals surface area contributed by atoms with Crippen LogP contribution in [0.2, 0.25) is 0 Å². The van der Waals surface area contributed by atoms with E-state index in [1.54, 1.807) is 7.11 Å². The predicted octanol–water partition coefficient (Wildman–Crippen LogP) is 4.20. The van der Waals surface area contributed by atoms with Gasteiger partial charge in [-0.3, -0.25) is 4.79 Å². The second kappa shape index (κ2) is 10.8. The number of benzene rings is 2. The average Bonchev–Trinajstić information content (AvgIpc) is 3.19. The van der Waals surface area contributed by atoms with E-state index < -0.39 is 0 Å². The van der Waals surface area contributed by atoms with Crippen molar-refractivity contribution in [3.8, 4) is 17.1 Å². The van der Waals surface area contributed by atoms with Crippen LogP contribution in [0.5, 0.6) is 5.75 Å². The molecule has 0 bridgehead atoms. The minimum atomic E-state index is 0.0120. The molecule has 30 heavy (non-hydrogen) atoms. The molecular formula is C23H28N4O2S. The highest BCUT2D eigenvalue weighted by atomic mass is 32.2. The second-order valence-corrected chi connectivity index (χ2v) is 8.03. The normalized spacial score (nSPS) is 11.8. The molecule has 0 spiro atoms. The third-order valence-corrected chi connectivity index (χ3v) is 5.85. The smallest absolute Gasteiger partial charge is 0.230 e. The Morgan fingerprint density at radius 2 is 1.87 bits per heavy atom. The van der Waals surface area contributed by atoms with Gasteiger partial charge in [0, 0.05) is 18.2 Å². The van der Waals surface area contributed by atoms with E-state index in [1.165, 1.54) is 17.3 Å². The minimum Gasteiger partial charge on any atom is -0.497 e. The van der Waals surface area contributed by atoms with Crippen LogP contribution in [0.3, 0.4) is 0 Å². The molecule has 1 aromatic heterocycles. The van der Waals surface area contributed by atoms with Gasteiger partial charge in [-0.15, -0.1) is 10.2 Å². The second-order valence-electron chi connectivity index (χ2n) is 7.09. The maximum absolute atomic E-state index is 12.2. The number of carbonyl (C=O) groups excluding carboxylic acids is 1. The summed E-state index contributed by atoms with van der Waals surface area (Å²) in [5, 5.41) is 12.6. The van der Waals surface area contributed by atoms with Crippen LogP contribution in [-0.4, -0.2) is 39.6 Å². The monoisotopic (exact) mass is 424 g/mol. The van der Waals surface area contributed by atoms with Crippen molar-refractivity contribution in [1.82, 2.24) is 20.1 Å². The molecule has 158 valence electrons. The van der Waals surface area contributed by atoms with Crippen LogP contribution in [0, 0.1) is 0 Å². The Labute approximate surface area is 182 Å². The summed E-state index contributed by atoms with van der Waals surface area (Å²) < 4.78 is 7.35. The van der Waals surface area contributed by atoms with Crippen molar-refractivity contribution in [3.05, 3.63) is 60.2 Å². The Morgan fingerprint density at radius 1 is 1.13 bits per heavy atom. The molecule has 2 aromatic carbocycles. The molecule has 0 saturated carbocycles. The Bertz CT molecular complexity index is 942. The number of aromatic nitrogens is 3. The van der Waals surface area contributed by atoms with Crippen molar-refractivity contribution in [2.24, 2.45) is 0 Å². The highest BCUT2D eigenvalue weighted by molar-refractivity contribution is 7.99. The van der Waals surface area contributed by atoms with Gasteiger partial charge in [0.05, 0.1) is 12.9 Å². The summed E-state index contributed by atoms with van der Waals surface area (Å²) in [7, 11) is 1.65. The molecule has 0 aliphatic heterocycles. The van der Waals surface area contributed by atoms with Gasteiger partial charge in [-0.25, -0.2) is 0 Å². The molecule has 1 heterocycles. The van der Waals surface area contributed by atoms with Gasteiger partial charge in [0.1, 0.15) is 5.75 Å². The zero-order valence-electron chi connectivity index (χ0n) is 17.7. The van der Waals surface area contributed by atoms with Crippen molar-refractivity contribution >= 4 is 17.7 Å². The first-order valence-corrected chi connectivity index (χ1v) is 11.1. The number of thioether (sulfide) groups is 1. The summed E-state index contributed by atoms with van der Waals surface area (Å²) >= 11 is 1.42. The highest BCUT2D eigenvalue weighted by Gasteiger charge is 2.16. The van der Waals surface area contributed by atoms with Crippen LogP contribution in [0.15, 0.2) is 59.8 Å². The number of hydrogen-bond acceptors (Lipinski definition) is 5. The maximum atomic E-state index is 12.2. The number of methoxy groups -OCH3 is 1. The van der Waals surface area contributed by atoms with Gasteiger partial charge in [-0.1, -0.05) is 49.0 Å². The molecule has 7 heteroatoms. The van der Waals surface area contributed by atoms with Crippen molar-refractivity contribution in [2.45, 2.75) is 44.4 Å². The Hall–Kier alpha value is -2.80. The Kier molecular flexibility index (Phi) is 7.90. The van der Waals surface area contributed by atoms with Crippen LogP contribution in [0.1, 0.15) is 25.8 Å². The van der Waals surface area contributed by atoms with E-state index in [9.17, 15) is 4.79 Å². The first-order valence-electron chi connectivity index (χ1n) is 10.1. The van der Waals surface area contributed by atoms with Crippen LogP contribution in [0.25, 0.3) is 11.4 Å². The zero-order chi connectivity index (χ0) is 21.3. The van der Waals surface area contributed by atoms with Crippen LogP contribution in [-0.2, 0) is 17.8 Å². The fourth-order valence-electron chi connectivity index (χ4n) is 2.98. The van der Waals surface area contributed by atoms with Crippen LogP contribution >= 0.6 is 11.8 Å². The summed E-state index contributed by atoms with van der Waals surface area (Å²) in [6, 6.07) is 18.3. The van der Waals surface area contributed by atoms with E-state index >= 15 is 0 Å². The lowest BCUT2D eigenvalue weighted by Crippen LogP contribution is -2.33. The number of hydrogen-bond donors (Lipinski definition) is 1. The van der Waals surface area contributed by atoms with Crippen LogP contribution < -0.4 is 10.1 Å². The molecule has 0 aliphatic rings. The summed E-state index contributed by atoms with van der Waals surface area (Å²) in [5.74, 6) is 1.91. The third-order valence-electron chi connectivity index (χ3n) is 4.88. The van der Waals surface area contributed by atoms with Crippen LogP contribution in [0.4, 0.5) is 0 Å². The zero-order valence-corrected chi connectivity index (χ0v) is 18.5. The third kappa shape index (κ3) is 5.86. The lowest BCUT2D eigenvalue weighted by molar-refractivity contribution is -0.119. The first-order chi connectivity index (χ1) is 14.6. The summed E-state index contributed by atoms with van der Waals surface area (Å²) in [5.41, 5.74) is 2.21. The van der Waals surface area contributed by atoms with E-state index in [1.807, 2.05) is 49.4 Å². The van der Waals surface area contributed by atoms with E-state index in [4.69, 9.17) is 4.74 Å². The minimum absolute atomic E-state index is 0.0120. The molecule has 3 rings (SSSR count). The van der Waals surface area contributed by atoms with Crippen molar-refractivity contribution < 1.29 is 9.53 Å². The van der Waals surface area contributed by atoms with E-state index in [2.05, 4.69) is 39.1 Å². The van der Waals surface area contributed by atoms with Crippen molar-refractivity contribution in [3.63, 3.8) is 0 Å². The van der Waals surface area contributed by atoms with Gasteiger partial charge in [0.2, 0.25) is 5.91 Å². The quantitative estimate of drug-likeness (QED) is 0.494. The molecule has 0 aliphatic carbocycles. The fourth-order valence-corrected chi connectivity index (χ4v) is 3.76. The lowest BCUT2D eigenvalue weighted by Gasteiger charge is -2.12. The highest BCUT2D eigenvalue weighted by Crippen LogP contribution is 2.26. The lowest BCUT2D eigenvalue weighted by atomic mass is 10.1. The van der Waals surface area contributed by atoms with Gasteiger partial charge in [-0.05, 0) is 49.6 Å². The molecule has 0 fully saturated rings. The number of carbonyl (C=O) groups is 1. The summed E-state index contributed by atoms with van der Waals surface area (Å²) in [6.45, 7) is 4.79. The molecule has 0 radical (unpaired) electrons. The molecule has 6 nitrogen and oxygen atoms in total. The molecule has 1 atom stereocenters. The molecular weight excluding hydrogens is 396 g/mol. The molecule has 1 amide bonds. The van der Waals surface area contributed by atoms with E-state index in [0.29, 0.717) is 5.75 Å². The SMILES string of the molecule is CC[C@@H](C)NC(=O)CSc1nnc(-c2ccc(OC)cc2)n1CCc1ccccc1. The fraction of sp³-hybridized carbons (Fsp3) is 0.348. The summed E-state index contributed by atoms with van der Waals surface area (Å²) in [4.78, 5) is 12.2. The maximum Gasteiger partial charge on any atom is 0.230 e. The number of amides is 1. The standard InChI is InChI=1S/C23H28N4O2S/c1-4-17(2)24-21(28)16-30-23-26-25-22(19-10-12-20(29-3)13-11-19)27(23)15-14-18-8-6-5-7-9-18/h5-13,17H,4,14-16H2,1-3H3,(H,24,28)/t17-/m1/s1. The number of aryl methyl sites for hydroxylation is 1. The van der Waals surface area contributed by atoms with E-state index in [0.717, 1.165) is 41.7 Å². The average molecular weight is 425 g/mol. The topological polar surface area (TPSA) is 69.0 Å². The number of ether oxygens (including phenoxy) is 1. The van der Waals surface area contributed by atoms with Crippen molar-refractivity contribution in [2.75, 3.05) is 12.9 Å². The van der Waals surface area contributed by atoms with Gasteiger partial charge < -0.3 is 14.6 Å². The largest absolute Gasteiger partial charge is 0.497 e. The first kappa shape index (κ1) is 21.9. The molecule has 3 aromatic rings. The summed E-state index contributed by atoms with van der Waals surface area (Å²) in [6.07, 6.45) is 1.76. The number of nitrogens with one attached hydrogen (secondary N) is 1. The van der Waals surface area contributed by atoms with Gasteiger partial charge in [0.25, 0.3) is 0 Å². The molecule has 1 N–H and O–H groups in total. The Balaban J connectivity index is 1.80. The Morgan fingerprint density at radius 3 is 2.53 bits per heavy atom. The number of rotatable bonds is 10.